The normalized spacial score (nSPS) is 17.2. The Hall–Kier alpha value is -1.64. The van der Waals surface area contributed by atoms with Gasteiger partial charge < -0.3 is 10.6 Å². The first-order chi connectivity index (χ1) is 11.4. The number of carbonyl (C=O) groups is 1. The fourth-order valence-electron chi connectivity index (χ4n) is 2.55. The van der Waals surface area contributed by atoms with Gasteiger partial charge in [-0.15, -0.1) is 23.7 Å². The minimum Gasteiger partial charge on any atom is -0.348 e. The summed E-state index contributed by atoms with van der Waals surface area (Å²) < 4.78 is 37.7. The summed E-state index contributed by atoms with van der Waals surface area (Å²) in [6.07, 6.45) is -2.52. The molecule has 1 amide bonds. The Bertz CT molecular complexity index is 712. The molecule has 1 unspecified atom stereocenters. The van der Waals surface area contributed by atoms with E-state index in [4.69, 9.17) is 0 Å². The number of halogens is 4. The van der Waals surface area contributed by atoms with E-state index in [1.807, 2.05) is 0 Å². The number of alkyl halides is 3. The average Bonchev–Trinajstić information content (AvgIpc) is 3.23. The Morgan fingerprint density at radius 3 is 2.64 bits per heavy atom. The van der Waals surface area contributed by atoms with Crippen molar-refractivity contribution in [1.29, 1.82) is 0 Å². The summed E-state index contributed by atoms with van der Waals surface area (Å²) in [5, 5.41) is 8.45. The second-order valence-corrected chi connectivity index (χ2v) is 6.51. The largest absolute Gasteiger partial charge is 0.416 e. The number of nitrogens with zero attached hydrogens (tertiary/aromatic N) is 1. The van der Waals surface area contributed by atoms with Crippen molar-refractivity contribution in [1.82, 2.24) is 15.6 Å². The summed E-state index contributed by atoms with van der Waals surface area (Å²) in [5.74, 6) is -0.0428. The molecule has 1 aliphatic heterocycles. The van der Waals surface area contributed by atoms with Gasteiger partial charge in [0.15, 0.2) is 0 Å². The highest BCUT2D eigenvalue weighted by atomic mass is 35.5. The SMILES string of the molecule is Cl.O=C(NCc1nc(-c2ccc(C(F)(F)F)cc2)cs1)C1CCCN1. The minimum atomic E-state index is -4.34. The number of nitrogens with one attached hydrogen (secondary N) is 2. The topological polar surface area (TPSA) is 54.0 Å². The van der Waals surface area contributed by atoms with Crippen LogP contribution in [0, 0.1) is 0 Å². The van der Waals surface area contributed by atoms with E-state index in [1.165, 1.54) is 23.5 Å². The van der Waals surface area contributed by atoms with Gasteiger partial charge in [0.1, 0.15) is 5.01 Å². The number of benzene rings is 1. The maximum absolute atomic E-state index is 12.6. The molecule has 1 saturated heterocycles. The fraction of sp³-hybridized carbons (Fsp3) is 0.375. The van der Waals surface area contributed by atoms with Crippen LogP contribution >= 0.6 is 23.7 Å². The lowest BCUT2D eigenvalue weighted by atomic mass is 10.1. The van der Waals surface area contributed by atoms with Gasteiger partial charge in [0, 0.05) is 10.9 Å². The number of rotatable bonds is 4. The zero-order valence-corrected chi connectivity index (χ0v) is 14.7. The number of amides is 1. The monoisotopic (exact) mass is 391 g/mol. The third-order valence-corrected chi connectivity index (χ3v) is 4.70. The first-order valence-corrected chi connectivity index (χ1v) is 8.44. The number of carbonyl (C=O) groups excluding carboxylic acids is 1. The Morgan fingerprint density at radius 1 is 1.32 bits per heavy atom. The fourth-order valence-corrected chi connectivity index (χ4v) is 3.29. The highest BCUT2D eigenvalue weighted by Gasteiger charge is 2.30. The number of aromatic nitrogens is 1. The molecule has 0 radical (unpaired) electrons. The number of hydrogen-bond acceptors (Lipinski definition) is 4. The maximum atomic E-state index is 12.6. The molecule has 4 nitrogen and oxygen atoms in total. The zero-order chi connectivity index (χ0) is 17.2. The summed E-state index contributed by atoms with van der Waals surface area (Å²) in [6.45, 7) is 1.18. The Morgan fingerprint density at radius 2 is 2.04 bits per heavy atom. The molecule has 0 aliphatic carbocycles. The van der Waals surface area contributed by atoms with Crippen molar-refractivity contribution in [3.05, 3.63) is 40.2 Å². The highest BCUT2D eigenvalue weighted by Crippen LogP contribution is 2.31. The van der Waals surface area contributed by atoms with E-state index in [0.29, 0.717) is 17.8 Å². The van der Waals surface area contributed by atoms with Gasteiger partial charge in [-0.3, -0.25) is 4.79 Å². The molecule has 1 atom stereocenters. The first-order valence-electron chi connectivity index (χ1n) is 7.56. The van der Waals surface area contributed by atoms with Gasteiger partial charge >= 0.3 is 6.18 Å². The lowest BCUT2D eigenvalue weighted by molar-refractivity contribution is -0.137. The summed E-state index contributed by atoms with van der Waals surface area (Å²) >= 11 is 1.37. The number of thiazole rings is 1. The van der Waals surface area contributed by atoms with Crippen LogP contribution in [0.2, 0.25) is 0 Å². The summed E-state index contributed by atoms with van der Waals surface area (Å²) in [7, 11) is 0. The molecule has 1 aromatic heterocycles. The molecule has 9 heteroatoms. The molecule has 1 fully saturated rings. The van der Waals surface area contributed by atoms with Crippen LogP contribution < -0.4 is 10.6 Å². The van der Waals surface area contributed by atoms with Crippen molar-refractivity contribution >= 4 is 29.7 Å². The Labute approximate surface area is 153 Å². The molecule has 1 aliphatic rings. The van der Waals surface area contributed by atoms with E-state index in [9.17, 15) is 18.0 Å². The van der Waals surface area contributed by atoms with Gasteiger partial charge in [0.05, 0.1) is 23.8 Å². The second kappa shape index (κ2) is 8.16. The molecule has 0 spiro atoms. The third kappa shape index (κ3) is 4.93. The third-order valence-electron chi connectivity index (χ3n) is 3.85. The van der Waals surface area contributed by atoms with Crippen LogP contribution in [0.5, 0.6) is 0 Å². The molecular formula is C16H17ClF3N3OS. The lowest BCUT2D eigenvalue weighted by Gasteiger charge is -2.09. The predicted molar refractivity (Wildman–Crippen MR) is 92.7 cm³/mol. The maximum Gasteiger partial charge on any atom is 0.416 e. The van der Waals surface area contributed by atoms with E-state index in [0.717, 1.165) is 36.5 Å². The van der Waals surface area contributed by atoms with Gasteiger partial charge in [0.25, 0.3) is 0 Å². The molecular weight excluding hydrogens is 375 g/mol. The van der Waals surface area contributed by atoms with Gasteiger partial charge in [-0.25, -0.2) is 4.98 Å². The molecule has 25 heavy (non-hydrogen) atoms. The van der Waals surface area contributed by atoms with Crippen molar-refractivity contribution in [3.8, 4) is 11.3 Å². The molecule has 2 N–H and O–H groups in total. The van der Waals surface area contributed by atoms with Crippen LogP contribution in [0.4, 0.5) is 13.2 Å². The average molecular weight is 392 g/mol. The Kier molecular flexibility index (Phi) is 6.42. The molecule has 0 bridgehead atoms. The van der Waals surface area contributed by atoms with E-state index in [1.54, 1.807) is 5.38 Å². The molecule has 2 heterocycles. The zero-order valence-electron chi connectivity index (χ0n) is 13.1. The first kappa shape index (κ1) is 19.7. The van der Waals surface area contributed by atoms with Crippen LogP contribution in [0.1, 0.15) is 23.4 Å². The molecule has 0 saturated carbocycles. The summed E-state index contributed by atoms with van der Waals surface area (Å²) in [5.41, 5.74) is 0.546. The second-order valence-electron chi connectivity index (χ2n) is 5.57. The molecule has 136 valence electrons. The standard InChI is InChI=1S/C16H16F3N3OS.ClH/c17-16(18,19)11-5-3-10(4-6-11)13-9-24-14(22-13)8-21-15(23)12-2-1-7-20-12;/h3-6,9,12,20H,1-2,7-8H2,(H,21,23);1H. The van der Waals surface area contributed by atoms with Crippen molar-refractivity contribution in [2.45, 2.75) is 31.6 Å². The summed E-state index contributed by atoms with van der Waals surface area (Å²) in [4.78, 5) is 16.3. The van der Waals surface area contributed by atoms with Crippen molar-refractivity contribution in [3.63, 3.8) is 0 Å². The summed E-state index contributed by atoms with van der Waals surface area (Å²) in [6, 6.07) is 4.76. The quantitative estimate of drug-likeness (QED) is 0.837. The van der Waals surface area contributed by atoms with Gasteiger partial charge in [-0.2, -0.15) is 13.2 Å². The van der Waals surface area contributed by atoms with Gasteiger partial charge in [0.2, 0.25) is 5.91 Å². The van der Waals surface area contributed by atoms with Gasteiger partial charge in [-0.05, 0) is 31.5 Å². The Balaban J connectivity index is 0.00000225. The van der Waals surface area contributed by atoms with E-state index < -0.39 is 11.7 Å². The van der Waals surface area contributed by atoms with E-state index in [-0.39, 0.29) is 24.4 Å². The van der Waals surface area contributed by atoms with Crippen molar-refractivity contribution in [2.24, 2.45) is 0 Å². The van der Waals surface area contributed by atoms with Crippen molar-refractivity contribution < 1.29 is 18.0 Å². The van der Waals surface area contributed by atoms with Crippen molar-refractivity contribution in [2.75, 3.05) is 6.54 Å². The van der Waals surface area contributed by atoms with Crippen LogP contribution in [-0.4, -0.2) is 23.5 Å². The molecule has 3 rings (SSSR count). The van der Waals surface area contributed by atoms with Crippen LogP contribution in [0.15, 0.2) is 29.6 Å². The molecule has 2 aromatic rings. The molecule has 1 aromatic carbocycles. The van der Waals surface area contributed by atoms with Crippen LogP contribution in [0.3, 0.4) is 0 Å². The van der Waals surface area contributed by atoms with Crippen LogP contribution in [-0.2, 0) is 17.5 Å². The van der Waals surface area contributed by atoms with Gasteiger partial charge in [-0.1, -0.05) is 12.1 Å². The van der Waals surface area contributed by atoms with E-state index in [2.05, 4.69) is 15.6 Å². The smallest absolute Gasteiger partial charge is 0.348 e. The lowest BCUT2D eigenvalue weighted by Crippen LogP contribution is -2.39. The number of hydrogen-bond donors (Lipinski definition) is 2. The van der Waals surface area contributed by atoms with E-state index >= 15 is 0 Å². The highest BCUT2D eigenvalue weighted by molar-refractivity contribution is 7.09. The predicted octanol–water partition coefficient (Wildman–Crippen LogP) is 3.62. The minimum absolute atomic E-state index is 0. The van der Waals surface area contributed by atoms with Crippen LogP contribution in [0.25, 0.3) is 11.3 Å².